The molecule has 2 atom stereocenters. The minimum atomic E-state index is -4.08. The summed E-state index contributed by atoms with van der Waals surface area (Å²) in [5, 5.41) is 0. The Balaban J connectivity index is 3.96. The molecule has 0 aromatic carbocycles. The molecule has 0 fully saturated rings. The Morgan fingerprint density at radius 3 is 2.19 bits per heavy atom. The van der Waals surface area contributed by atoms with Crippen molar-refractivity contribution >= 4 is 0 Å². The topological polar surface area (TPSA) is 35.2 Å². The number of halogens is 3. The molecule has 98 valence electrons. The van der Waals surface area contributed by atoms with Gasteiger partial charge < -0.3 is 10.5 Å². The summed E-state index contributed by atoms with van der Waals surface area (Å²) in [5.74, 6) is 0.223. The van der Waals surface area contributed by atoms with E-state index in [-0.39, 0.29) is 24.5 Å². The van der Waals surface area contributed by atoms with Gasteiger partial charge in [0.05, 0.1) is 6.10 Å². The average molecular weight is 241 g/mol. The van der Waals surface area contributed by atoms with Gasteiger partial charge in [0.15, 0.2) is 0 Å². The minimum Gasteiger partial charge on any atom is -0.377 e. The number of hydrogen-bond acceptors (Lipinski definition) is 2. The predicted octanol–water partition coefficient (Wildman–Crippen LogP) is 3.11. The van der Waals surface area contributed by atoms with E-state index in [9.17, 15) is 13.2 Å². The van der Waals surface area contributed by atoms with Crippen LogP contribution in [-0.2, 0) is 4.74 Å². The highest BCUT2D eigenvalue weighted by Gasteiger charge is 2.28. The molecule has 2 nitrogen and oxygen atoms in total. The third-order valence-electron chi connectivity index (χ3n) is 2.44. The predicted molar refractivity (Wildman–Crippen MR) is 58.1 cm³/mol. The molecule has 0 saturated carbocycles. The largest absolute Gasteiger partial charge is 0.389 e. The summed E-state index contributed by atoms with van der Waals surface area (Å²) in [6, 6.07) is -0.317. The van der Waals surface area contributed by atoms with Gasteiger partial charge in [-0.2, -0.15) is 13.2 Å². The van der Waals surface area contributed by atoms with Crippen LogP contribution in [0.4, 0.5) is 13.2 Å². The average Bonchev–Trinajstić information content (AvgIpc) is 2.11. The van der Waals surface area contributed by atoms with Crippen LogP contribution in [-0.4, -0.2) is 24.9 Å². The van der Waals surface area contributed by atoms with Crippen LogP contribution in [0.3, 0.4) is 0 Å². The number of nitrogens with two attached hydrogens (primary N) is 1. The van der Waals surface area contributed by atoms with E-state index < -0.39 is 12.6 Å². The van der Waals surface area contributed by atoms with Crippen LogP contribution < -0.4 is 5.73 Å². The third-order valence-corrected chi connectivity index (χ3v) is 2.44. The molecule has 0 radical (unpaired) electrons. The molecule has 0 aliphatic rings. The summed E-state index contributed by atoms with van der Waals surface area (Å²) in [4.78, 5) is 0. The van der Waals surface area contributed by atoms with E-state index >= 15 is 0 Å². The van der Waals surface area contributed by atoms with Crippen molar-refractivity contribution in [2.45, 2.75) is 58.4 Å². The molecule has 0 aromatic rings. The summed E-state index contributed by atoms with van der Waals surface area (Å²) in [6.45, 7) is 6.32. The lowest BCUT2D eigenvalue weighted by molar-refractivity contribution is -0.136. The molecule has 2 unspecified atom stereocenters. The molecule has 0 aliphatic heterocycles. The van der Waals surface area contributed by atoms with Crippen LogP contribution in [0, 0.1) is 5.92 Å². The van der Waals surface area contributed by atoms with Crippen LogP contribution in [0.15, 0.2) is 0 Å². The van der Waals surface area contributed by atoms with E-state index in [1.807, 2.05) is 20.8 Å². The van der Waals surface area contributed by atoms with Gasteiger partial charge in [-0.05, 0) is 25.7 Å². The maximum atomic E-state index is 11.9. The summed E-state index contributed by atoms with van der Waals surface area (Å²) >= 11 is 0. The summed E-state index contributed by atoms with van der Waals surface area (Å²) in [5.41, 5.74) is 5.84. The molecule has 0 amide bonds. The van der Waals surface area contributed by atoms with Crippen LogP contribution in [0.25, 0.3) is 0 Å². The van der Waals surface area contributed by atoms with Gasteiger partial charge in [0, 0.05) is 19.1 Å². The quantitative estimate of drug-likeness (QED) is 0.743. The van der Waals surface area contributed by atoms with E-state index in [2.05, 4.69) is 0 Å². The molecule has 0 bridgehead atoms. The van der Waals surface area contributed by atoms with Crippen molar-refractivity contribution < 1.29 is 17.9 Å². The molecule has 2 N–H and O–H groups in total. The molecule has 0 aliphatic carbocycles. The SMILES string of the molecule is CCOC(C(C)C)C(N)CCCC(F)(F)F. The number of ether oxygens (including phenoxy) is 1. The van der Waals surface area contributed by atoms with Crippen molar-refractivity contribution in [1.29, 1.82) is 0 Å². The van der Waals surface area contributed by atoms with Gasteiger partial charge in [0.1, 0.15) is 0 Å². The highest BCUT2D eigenvalue weighted by molar-refractivity contribution is 4.76. The first kappa shape index (κ1) is 15.7. The second kappa shape index (κ2) is 7.12. The smallest absolute Gasteiger partial charge is 0.377 e. The molecular formula is C11H22F3NO. The van der Waals surface area contributed by atoms with Crippen LogP contribution in [0.1, 0.15) is 40.0 Å². The fourth-order valence-corrected chi connectivity index (χ4v) is 1.71. The maximum Gasteiger partial charge on any atom is 0.389 e. The second-order valence-corrected chi connectivity index (χ2v) is 4.34. The summed E-state index contributed by atoms with van der Waals surface area (Å²) in [7, 11) is 0. The van der Waals surface area contributed by atoms with Gasteiger partial charge in [-0.15, -0.1) is 0 Å². The zero-order valence-corrected chi connectivity index (χ0v) is 10.2. The molecule has 0 saturated heterocycles. The number of hydrogen-bond donors (Lipinski definition) is 1. The molecule has 16 heavy (non-hydrogen) atoms. The molecule has 0 spiro atoms. The van der Waals surface area contributed by atoms with E-state index in [1.165, 1.54) is 0 Å². The Hall–Kier alpha value is -0.290. The van der Waals surface area contributed by atoms with Crippen LogP contribution in [0.5, 0.6) is 0 Å². The summed E-state index contributed by atoms with van der Waals surface area (Å²) < 4.78 is 41.3. The Bertz CT molecular complexity index is 183. The Morgan fingerprint density at radius 1 is 1.25 bits per heavy atom. The van der Waals surface area contributed by atoms with Gasteiger partial charge in [-0.25, -0.2) is 0 Å². The fourth-order valence-electron chi connectivity index (χ4n) is 1.71. The van der Waals surface area contributed by atoms with Crippen molar-refractivity contribution in [3.05, 3.63) is 0 Å². The lowest BCUT2D eigenvalue weighted by Gasteiger charge is -2.27. The van der Waals surface area contributed by atoms with Crippen molar-refractivity contribution in [2.24, 2.45) is 11.7 Å². The van der Waals surface area contributed by atoms with Crippen molar-refractivity contribution in [3.8, 4) is 0 Å². The normalized spacial score (nSPS) is 16.5. The highest BCUT2D eigenvalue weighted by Crippen LogP contribution is 2.23. The molecule has 0 heterocycles. The van der Waals surface area contributed by atoms with Gasteiger partial charge in [0.2, 0.25) is 0 Å². The number of alkyl halides is 3. The van der Waals surface area contributed by atoms with Crippen molar-refractivity contribution in [3.63, 3.8) is 0 Å². The second-order valence-electron chi connectivity index (χ2n) is 4.34. The fraction of sp³-hybridized carbons (Fsp3) is 1.00. The van der Waals surface area contributed by atoms with Crippen molar-refractivity contribution in [1.82, 2.24) is 0 Å². The molecule has 0 aromatic heterocycles. The van der Waals surface area contributed by atoms with E-state index in [1.54, 1.807) is 0 Å². The van der Waals surface area contributed by atoms with E-state index in [0.717, 1.165) is 0 Å². The minimum absolute atomic E-state index is 0.0704. The number of rotatable bonds is 7. The standard InChI is InChI=1S/C11H22F3NO/c1-4-16-10(8(2)3)9(15)6-5-7-11(12,13)14/h8-10H,4-7,15H2,1-3H3. The van der Waals surface area contributed by atoms with Crippen LogP contribution in [0.2, 0.25) is 0 Å². The van der Waals surface area contributed by atoms with Crippen LogP contribution >= 0.6 is 0 Å². The first-order valence-corrected chi connectivity index (χ1v) is 5.71. The van der Waals surface area contributed by atoms with Gasteiger partial charge >= 0.3 is 6.18 Å². The molecule has 0 rings (SSSR count). The zero-order chi connectivity index (χ0) is 12.8. The molecule has 5 heteroatoms. The Kier molecular flexibility index (Phi) is 6.99. The lowest BCUT2D eigenvalue weighted by atomic mass is 9.96. The Morgan fingerprint density at radius 2 is 1.81 bits per heavy atom. The Labute approximate surface area is 95.3 Å². The van der Waals surface area contributed by atoms with Gasteiger partial charge in [-0.3, -0.25) is 0 Å². The van der Waals surface area contributed by atoms with Crippen molar-refractivity contribution in [2.75, 3.05) is 6.61 Å². The zero-order valence-electron chi connectivity index (χ0n) is 10.2. The van der Waals surface area contributed by atoms with Gasteiger partial charge in [-0.1, -0.05) is 13.8 Å². The van der Waals surface area contributed by atoms with Gasteiger partial charge in [0.25, 0.3) is 0 Å². The van der Waals surface area contributed by atoms with E-state index in [4.69, 9.17) is 10.5 Å². The molecular weight excluding hydrogens is 219 g/mol. The van der Waals surface area contributed by atoms with E-state index in [0.29, 0.717) is 13.0 Å². The first-order chi connectivity index (χ1) is 7.28. The lowest BCUT2D eigenvalue weighted by Crippen LogP contribution is -2.40. The third kappa shape index (κ3) is 7.06. The monoisotopic (exact) mass is 241 g/mol. The first-order valence-electron chi connectivity index (χ1n) is 5.71. The maximum absolute atomic E-state index is 11.9. The highest BCUT2D eigenvalue weighted by atomic mass is 19.4. The summed E-state index contributed by atoms with van der Waals surface area (Å²) in [6.07, 6.45) is -4.59.